The summed E-state index contributed by atoms with van der Waals surface area (Å²) in [6.07, 6.45) is -8.82. The Morgan fingerprint density at radius 1 is 0.577 bits per heavy atom. The summed E-state index contributed by atoms with van der Waals surface area (Å²) in [7, 11) is 0. The van der Waals surface area contributed by atoms with E-state index in [4.69, 9.17) is 0 Å². The van der Waals surface area contributed by atoms with E-state index in [9.17, 15) is 69.5 Å². The van der Waals surface area contributed by atoms with Gasteiger partial charge in [0.25, 0.3) is 10.2 Å². The lowest BCUT2D eigenvalue weighted by Gasteiger charge is -2.23. The van der Waals surface area contributed by atoms with E-state index in [0.717, 1.165) is 0 Å². The summed E-state index contributed by atoms with van der Waals surface area (Å²) in [6, 6.07) is 0. The van der Waals surface area contributed by atoms with Crippen LogP contribution in [-0.2, 0) is 9.68 Å². The number of nitro groups is 4. The molecule has 0 aliphatic carbocycles. The van der Waals surface area contributed by atoms with Gasteiger partial charge in [0.2, 0.25) is 0 Å². The summed E-state index contributed by atoms with van der Waals surface area (Å²) in [5.41, 5.74) is 0. The molecule has 22 heteroatoms. The molecule has 0 aliphatic heterocycles. The molecule has 0 saturated carbocycles. The number of rotatable bonds is 11. The van der Waals surface area contributed by atoms with Crippen LogP contribution < -0.4 is 0 Å². The summed E-state index contributed by atoms with van der Waals surface area (Å²) in [4.78, 5) is 58.0. The molecule has 0 spiro atoms. The molecule has 0 saturated heterocycles. The van der Waals surface area contributed by atoms with Gasteiger partial charge in [0.1, 0.15) is 19.7 Å². The molecule has 2 unspecified atom stereocenters. The summed E-state index contributed by atoms with van der Waals surface area (Å²) >= 11 is 0. The minimum Gasteiger partial charge on any atom is -0.287 e. The van der Waals surface area contributed by atoms with Gasteiger partial charge in [-0.3, -0.25) is 50.1 Å². The second-order valence-corrected chi connectivity index (χ2v) is 3.80. The number of halogens is 2. The average Bonchev–Trinajstić information content (AvgIpc) is 2.47. The summed E-state index contributed by atoms with van der Waals surface area (Å²) in [5.74, 6) is -11.2. The number of hydrogen-bond donors (Lipinski definition) is 0. The second-order valence-electron chi connectivity index (χ2n) is 3.80. The lowest BCUT2D eigenvalue weighted by molar-refractivity contribution is -0.914. The standard InChI is InChI=1S/C4H2F2N6O14/c5-3(7(13)14,8(15)16)1(25-11(21)22)2(26-12(23)24)4(6,9(17)18)10(19)20/h1-2H. The van der Waals surface area contributed by atoms with Gasteiger partial charge < -0.3 is 0 Å². The number of hydrogen-bond acceptors (Lipinski definition) is 14. The molecule has 20 nitrogen and oxygen atoms in total. The van der Waals surface area contributed by atoms with E-state index in [-0.39, 0.29) is 0 Å². The van der Waals surface area contributed by atoms with E-state index in [0.29, 0.717) is 0 Å². The van der Waals surface area contributed by atoms with Crippen LogP contribution in [0.3, 0.4) is 0 Å². The van der Waals surface area contributed by atoms with Crippen LogP contribution >= 0.6 is 0 Å². The Morgan fingerprint density at radius 2 is 0.769 bits per heavy atom. The third-order valence-electron chi connectivity index (χ3n) is 2.42. The minimum absolute atomic E-state index is 2.32. The van der Waals surface area contributed by atoms with Gasteiger partial charge in [-0.25, -0.2) is 0 Å². The maximum absolute atomic E-state index is 14.1. The van der Waals surface area contributed by atoms with E-state index >= 15 is 0 Å². The van der Waals surface area contributed by atoms with Gasteiger partial charge in [-0.1, -0.05) is 8.78 Å². The fourth-order valence-corrected chi connectivity index (χ4v) is 1.36. The molecule has 0 amide bonds. The first-order valence-electron chi connectivity index (χ1n) is 5.21. The molecule has 0 radical (unpaired) electrons. The monoisotopic (exact) mass is 396 g/mol. The zero-order valence-corrected chi connectivity index (χ0v) is 11.3. The molecule has 2 atom stereocenters. The SMILES string of the molecule is O=[N+]([O-])OC(C(O[N+](=O)[O-])C(F)([N+](=O)[O-])[N+](=O)[O-])C(F)([N+](=O)[O-])[N+](=O)[O-]. The smallest absolute Gasteiger partial charge is 0.287 e. The number of alkyl halides is 2. The zero-order chi connectivity index (χ0) is 21.0. The van der Waals surface area contributed by atoms with E-state index in [1.807, 2.05) is 0 Å². The Bertz CT molecular complexity index is 582. The second kappa shape index (κ2) is 7.18. The largest absolute Gasteiger partial charge is 0.644 e. The highest BCUT2D eigenvalue weighted by molar-refractivity contribution is 4.83. The van der Waals surface area contributed by atoms with Gasteiger partial charge in [0, 0.05) is 0 Å². The summed E-state index contributed by atoms with van der Waals surface area (Å²) < 4.78 is 28.2. The predicted octanol–water partition coefficient (Wildman–Crippen LogP) is -1.51. The molecular formula is C4H2F2N6O14. The van der Waals surface area contributed by atoms with E-state index in [2.05, 4.69) is 9.68 Å². The van der Waals surface area contributed by atoms with Crippen LogP contribution in [0, 0.1) is 60.7 Å². The summed E-state index contributed by atoms with van der Waals surface area (Å²) in [6.45, 7) is 0. The van der Waals surface area contributed by atoms with Crippen molar-refractivity contribution in [2.45, 2.75) is 24.0 Å². The summed E-state index contributed by atoms with van der Waals surface area (Å²) in [5, 5.41) is 58.0. The first-order chi connectivity index (χ1) is 11.6. The average molecular weight is 396 g/mol. The highest BCUT2D eigenvalue weighted by Crippen LogP contribution is 2.33. The van der Waals surface area contributed by atoms with Crippen LogP contribution in [0.2, 0.25) is 0 Å². The first-order valence-corrected chi connectivity index (χ1v) is 5.21. The maximum Gasteiger partial charge on any atom is 0.644 e. The van der Waals surface area contributed by atoms with Crippen LogP contribution in [-0.4, -0.2) is 53.9 Å². The van der Waals surface area contributed by atoms with Gasteiger partial charge >= 0.3 is 24.0 Å². The minimum atomic E-state index is -5.61. The Labute approximate surface area is 134 Å². The van der Waals surface area contributed by atoms with Crippen molar-refractivity contribution in [2.24, 2.45) is 0 Å². The molecular weight excluding hydrogens is 394 g/mol. The Morgan fingerprint density at radius 3 is 0.885 bits per heavy atom. The number of nitrogens with zero attached hydrogens (tertiary/aromatic N) is 6. The highest BCUT2D eigenvalue weighted by atomic mass is 19.2. The first kappa shape index (κ1) is 21.9. The van der Waals surface area contributed by atoms with Crippen molar-refractivity contribution < 1.29 is 48.3 Å². The Kier molecular flexibility index (Phi) is 6.03. The normalized spacial score (nSPS) is 13.8. The van der Waals surface area contributed by atoms with Gasteiger partial charge in [0.15, 0.2) is 0 Å². The molecule has 0 rings (SSSR count). The Balaban J connectivity index is 6.84. The fourth-order valence-electron chi connectivity index (χ4n) is 1.36. The molecule has 26 heavy (non-hydrogen) atoms. The topological polar surface area (TPSA) is 277 Å². The van der Waals surface area contributed by atoms with Gasteiger partial charge in [-0.05, 0) is 0 Å². The molecule has 0 bridgehead atoms. The fraction of sp³-hybridized carbons (Fsp3) is 1.00. The molecule has 0 aromatic rings. The van der Waals surface area contributed by atoms with Crippen LogP contribution in [0.1, 0.15) is 0 Å². The lowest BCUT2D eigenvalue weighted by Crippen LogP contribution is -2.67. The van der Waals surface area contributed by atoms with E-state index in [1.54, 1.807) is 0 Å². The molecule has 0 heterocycles. The molecule has 146 valence electrons. The van der Waals surface area contributed by atoms with Crippen molar-refractivity contribution in [1.82, 2.24) is 0 Å². The van der Waals surface area contributed by atoms with Crippen LogP contribution in [0.25, 0.3) is 0 Å². The molecule has 0 aliphatic rings. The van der Waals surface area contributed by atoms with Crippen LogP contribution in [0.15, 0.2) is 0 Å². The van der Waals surface area contributed by atoms with Gasteiger partial charge in [0.05, 0.1) is 0 Å². The molecule has 0 aromatic heterocycles. The van der Waals surface area contributed by atoms with Crippen molar-refractivity contribution in [1.29, 1.82) is 0 Å². The van der Waals surface area contributed by atoms with Crippen molar-refractivity contribution in [3.63, 3.8) is 0 Å². The lowest BCUT2D eigenvalue weighted by atomic mass is 10.1. The molecule has 0 fully saturated rings. The Hall–Kier alpha value is -4.14. The van der Waals surface area contributed by atoms with E-state index < -0.39 is 53.9 Å². The maximum atomic E-state index is 14.1. The third kappa shape index (κ3) is 3.67. The van der Waals surface area contributed by atoms with E-state index in [1.165, 1.54) is 0 Å². The van der Waals surface area contributed by atoms with Crippen molar-refractivity contribution in [3.05, 3.63) is 60.7 Å². The quantitative estimate of drug-likeness (QED) is 0.166. The third-order valence-corrected chi connectivity index (χ3v) is 2.42. The van der Waals surface area contributed by atoms with Crippen molar-refractivity contribution in [3.8, 4) is 0 Å². The van der Waals surface area contributed by atoms with Crippen LogP contribution in [0.4, 0.5) is 8.78 Å². The zero-order valence-electron chi connectivity index (χ0n) is 11.3. The molecule has 0 N–H and O–H groups in total. The predicted molar refractivity (Wildman–Crippen MR) is 59.4 cm³/mol. The van der Waals surface area contributed by atoms with Gasteiger partial charge in [-0.15, -0.1) is 20.2 Å². The molecule has 0 aromatic carbocycles. The van der Waals surface area contributed by atoms with Crippen LogP contribution in [0.5, 0.6) is 0 Å². The van der Waals surface area contributed by atoms with Gasteiger partial charge in [-0.2, -0.15) is 0 Å². The highest BCUT2D eigenvalue weighted by Gasteiger charge is 2.82. The van der Waals surface area contributed by atoms with Crippen molar-refractivity contribution >= 4 is 0 Å². The van der Waals surface area contributed by atoms with Crippen molar-refractivity contribution in [2.75, 3.05) is 0 Å².